The molecule has 0 radical (unpaired) electrons. The summed E-state index contributed by atoms with van der Waals surface area (Å²) in [4.78, 5) is 0. The van der Waals surface area contributed by atoms with E-state index in [0.29, 0.717) is 18.4 Å². The predicted octanol–water partition coefficient (Wildman–Crippen LogP) is 3.79. The molecule has 2 nitrogen and oxygen atoms in total. The Morgan fingerprint density at radius 2 is 1.67 bits per heavy atom. The van der Waals surface area contributed by atoms with E-state index in [4.69, 9.17) is 4.74 Å². The fourth-order valence-electron chi connectivity index (χ4n) is 1.46. The first-order chi connectivity index (χ1) is 8.22. The van der Waals surface area contributed by atoms with Crippen LogP contribution in [0.3, 0.4) is 0 Å². The fraction of sp³-hybridized carbons (Fsp3) is 0.500. The van der Waals surface area contributed by atoms with E-state index in [1.807, 2.05) is 0 Å². The van der Waals surface area contributed by atoms with Crippen molar-refractivity contribution >= 4 is 5.69 Å². The summed E-state index contributed by atoms with van der Waals surface area (Å²) in [5.41, 5.74) is 0.426. The predicted molar refractivity (Wildman–Crippen MR) is 61.7 cm³/mol. The Hall–Kier alpha value is -1.46. The maximum atomic E-state index is 13.2. The van der Waals surface area contributed by atoms with Gasteiger partial charge in [0.05, 0.1) is 20.1 Å². The number of nitrogens with one attached hydrogen (secondary N) is 1. The third kappa shape index (κ3) is 5.25. The number of halogens is 4. The molecule has 0 aliphatic rings. The minimum absolute atomic E-state index is 0.426. The van der Waals surface area contributed by atoms with Gasteiger partial charge in [-0.1, -0.05) is 0 Å². The standard InChI is InChI=1S/C12H15F4NO/c1-11(13,14)7-12(15,16)8-17-9-3-5-10(18-2)6-4-9/h3-6,17H,7-8H2,1-2H3. The lowest BCUT2D eigenvalue weighted by molar-refractivity contribution is -0.0924. The van der Waals surface area contributed by atoms with Gasteiger partial charge in [-0.3, -0.25) is 0 Å². The first kappa shape index (κ1) is 14.6. The molecule has 0 saturated heterocycles. The highest BCUT2D eigenvalue weighted by atomic mass is 19.3. The van der Waals surface area contributed by atoms with Gasteiger partial charge in [-0.2, -0.15) is 0 Å². The summed E-state index contributed by atoms with van der Waals surface area (Å²) in [5, 5.41) is 2.42. The van der Waals surface area contributed by atoms with Crippen LogP contribution in [-0.2, 0) is 0 Å². The van der Waals surface area contributed by atoms with E-state index in [9.17, 15) is 17.6 Å². The lowest BCUT2D eigenvalue weighted by Crippen LogP contribution is -2.33. The van der Waals surface area contributed by atoms with Crippen LogP contribution in [0.15, 0.2) is 24.3 Å². The van der Waals surface area contributed by atoms with Crippen LogP contribution in [-0.4, -0.2) is 25.5 Å². The van der Waals surface area contributed by atoms with Gasteiger partial charge in [0, 0.05) is 5.69 Å². The van der Waals surface area contributed by atoms with Crippen molar-refractivity contribution in [3.05, 3.63) is 24.3 Å². The van der Waals surface area contributed by atoms with Gasteiger partial charge < -0.3 is 10.1 Å². The van der Waals surface area contributed by atoms with Gasteiger partial charge in [-0.15, -0.1) is 0 Å². The van der Waals surface area contributed by atoms with Crippen LogP contribution in [0, 0.1) is 0 Å². The van der Waals surface area contributed by atoms with Crippen molar-refractivity contribution in [2.75, 3.05) is 19.0 Å². The molecule has 0 aliphatic heterocycles. The number of alkyl halides is 4. The number of hydrogen-bond acceptors (Lipinski definition) is 2. The number of rotatable bonds is 6. The SMILES string of the molecule is COc1ccc(NCC(F)(F)CC(C)(F)F)cc1. The maximum Gasteiger partial charge on any atom is 0.270 e. The summed E-state index contributed by atoms with van der Waals surface area (Å²) in [5.74, 6) is -6.25. The minimum atomic E-state index is -3.46. The molecule has 1 N–H and O–H groups in total. The summed E-state index contributed by atoms with van der Waals surface area (Å²) < 4.78 is 56.3. The van der Waals surface area contributed by atoms with Gasteiger partial charge >= 0.3 is 0 Å². The molecule has 0 unspecified atom stereocenters. The van der Waals surface area contributed by atoms with Crippen molar-refractivity contribution in [2.45, 2.75) is 25.2 Å². The van der Waals surface area contributed by atoms with Crippen LogP contribution in [0.5, 0.6) is 5.75 Å². The van der Waals surface area contributed by atoms with E-state index in [1.54, 1.807) is 24.3 Å². The normalized spacial score (nSPS) is 12.3. The van der Waals surface area contributed by atoms with Crippen LogP contribution in [0.4, 0.5) is 23.2 Å². The van der Waals surface area contributed by atoms with Gasteiger partial charge in [-0.25, -0.2) is 17.6 Å². The van der Waals surface area contributed by atoms with Crippen molar-refractivity contribution in [1.82, 2.24) is 0 Å². The highest BCUT2D eigenvalue weighted by Crippen LogP contribution is 2.30. The second-order valence-corrected chi connectivity index (χ2v) is 4.18. The van der Waals surface area contributed by atoms with Crippen molar-refractivity contribution < 1.29 is 22.3 Å². The molecular formula is C12H15F4NO. The number of anilines is 1. The summed E-state index contributed by atoms with van der Waals surface area (Å²) in [7, 11) is 1.49. The van der Waals surface area contributed by atoms with E-state index >= 15 is 0 Å². The summed E-state index contributed by atoms with van der Waals surface area (Å²) >= 11 is 0. The molecular weight excluding hydrogens is 250 g/mol. The zero-order chi connectivity index (χ0) is 13.8. The number of methoxy groups -OCH3 is 1. The fourth-order valence-corrected chi connectivity index (χ4v) is 1.46. The van der Waals surface area contributed by atoms with Gasteiger partial charge in [0.25, 0.3) is 11.8 Å². The molecule has 0 saturated carbocycles. The van der Waals surface area contributed by atoms with Crippen LogP contribution in [0.2, 0.25) is 0 Å². The Kier molecular flexibility index (Phi) is 4.43. The first-order valence-corrected chi connectivity index (χ1v) is 5.35. The van der Waals surface area contributed by atoms with Gasteiger partial charge in [0.15, 0.2) is 0 Å². The topological polar surface area (TPSA) is 21.3 Å². The number of ether oxygens (including phenoxy) is 1. The van der Waals surface area contributed by atoms with Crippen LogP contribution in [0.1, 0.15) is 13.3 Å². The molecule has 0 aromatic heterocycles. The zero-order valence-electron chi connectivity index (χ0n) is 10.1. The highest BCUT2D eigenvalue weighted by Gasteiger charge is 2.39. The smallest absolute Gasteiger partial charge is 0.270 e. The van der Waals surface area contributed by atoms with E-state index in [2.05, 4.69) is 5.32 Å². The van der Waals surface area contributed by atoms with Crippen molar-refractivity contribution in [3.63, 3.8) is 0 Å². The van der Waals surface area contributed by atoms with Crippen molar-refractivity contribution in [1.29, 1.82) is 0 Å². The summed E-state index contributed by atoms with van der Waals surface area (Å²) in [6, 6.07) is 6.27. The molecule has 1 aromatic carbocycles. The van der Waals surface area contributed by atoms with Gasteiger partial charge in [0.1, 0.15) is 5.75 Å². The largest absolute Gasteiger partial charge is 0.497 e. The third-order valence-electron chi connectivity index (χ3n) is 2.21. The van der Waals surface area contributed by atoms with Crippen molar-refractivity contribution in [3.8, 4) is 5.75 Å². The van der Waals surface area contributed by atoms with Gasteiger partial charge in [-0.05, 0) is 31.2 Å². The third-order valence-corrected chi connectivity index (χ3v) is 2.21. The summed E-state index contributed by atoms with van der Waals surface area (Å²) in [6.45, 7) is -0.350. The highest BCUT2D eigenvalue weighted by molar-refractivity contribution is 5.46. The van der Waals surface area contributed by atoms with Crippen molar-refractivity contribution in [2.24, 2.45) is 0 Å². The van der Waals surface area contributed by atoms with E-state index < -0.39 is 24.8 Å². The van der Waals surface area contributed by atoms with E-state index in [0.717, 1.165) is 0 Å². The van der Waals surface area contributed by atoms with Gasteiger partial charge in [0.2, 0.25) is 0 Å². The molecule has 1 rings (SSSR count). The molecule has 0 amide bonds. The minimum Gasteiger partial charge on any atom is -0.497 e. The molecule has 0 fully saturated rings. The average Bonchev–Trinajstić information content (AvgIpc) is 2.24. The molecule has 0 aliphatic carbocycles. The van der Waals surface area contributed by atoms with E-state index in [-0.39, 0.29) is 0 Å². The maximum absolute atomic E-state index is 13.2. The molecule has 0 atom stereocenters. The molecule has 1 aromatic rings. The molecule has 0 spiro atoms. The molecule has 0 heterocycles. The molecule has 18 heavy (non-hydrogen) atoms. The van der Waals surface area contributed by atoms with E-state index in [1.165, 1.54) is 7.11 Å². The lowest BCUT2D eigenvalue weighted by atomic mass is 10.1. The molecule has 102 valence electrons. The Labute approximate surface area is 103 Å². The second-order valence-electron chi connectivity index (χ2n) is 4.18. The zero-order valence-corrected chi connectivity index (χ0v) is 10.1. The second kappa shape index (κ2) is 5.46. The van der Waals surface area contributed by atoms with Crippen LogP contribution < -0.4 is 10.1 Å². The van der Waals surface area contributed by atoms with Crippen LogP contribution in [0.25, 0.3) is 0 Å². The van der Waals surface area contributed by atoms with Crippen LogP contribution >= 0.6 is 0 Å². The Bertz CT molecular complexity index is 373. The Morgan fingerprint density at radius 3 is 2.11 bits per heavy atom. The molecule has 6 heteroatoms. The molecule has 0 bridgehead atoms. The monoisotopic (exact) mass is 265 g/mol. The summed E-state index contributed by atoms with van der Waals surface area (Å²) in [6.07, 6.45) is -1.47. The number of hydrogen-bond donors (Lipinski definition) is 1. The lowest BCUT2D eigenvalue weighted by Gasteiger charge is -2.21. The average molecular weight is 265 g/mol. The Morgan fingerprint density at radius 1 is 1.11 bits per heavy atom. The Balaban J connectivity index is 2.53. The number of benzene rings is 1. The first-order valence-electron chi connectivity index (χ1n) is 5.35. The quantitative estimate of drug-likeness (QED) is 0.790.